The van der Waals surface area contributed by atoms with Crippen molar-refractivity contribution in [2.45, 2.75) is 44.3 Å². The summed E-state index contributed by atoms with van der Waals surface area (Å²) in [6.07, 6.45) is 3.04. The van der Waals surface area contributed by atoms with Gasteiger partial charge in [-0.15, -0.1) is 0 Å². The van der Waals surface area contributed by atoms with Gasteiger partial charge < -0.3 is 0 Å². The van der Waals surface area contributed by atoms with Crippen LogP contribution in [0.3, 0.4) is 0 Å². The molecule has 1 aromatic rings. The molecule has 0 spiro atoms. The smallest absolute Gasteiger partial charge is 0.212 e. The molecule has 0 aromatic heterocycles. The van der Waals surface area contributed by atoms with Crippen LogP contribution in [0.15, 0.2) is 24.3 Å². The van der Waals surface area contributed by atoms with E-state index in [0.29, 0.717) is 18.1 Å². The lowest BCUT2D eigenvalue weighted by atomic mass is 9.95. The molecule has 1 fully saturated rings. The minimum atomic E-state index is -3.17. The highest BCUT2D eigenvalue weighted by Crippen LogP contribution is 2.29. The van der Waals surface area contributed by atoms with Crippen molar-refractivity contribution in [3.05, 3.63) is 34.9 Å². The second kappa shape index (κ2) is 6.46. The first-order chi connectivity index (χ1) is 9.41. The molecule has 2 rings (SSSR count). The van der Waals surface area contributed by atoms with Crippen LogP contribution < -0.4 is 0 Å². The van der Waals surface area contributed by atoms with Crippen LogP contribution in [0.4, 0.5) is 0 Å². The highest BCUT2D eigenvalue weighted by molar-refractivity contribution is 7.89. The zero-order valence-electron chi connectivity index (χ0n) is 12.0. The number of benzene rings is 1. The van der Waals surface area contributed by atoms with E-state index in [2.05, 4.69) is 0 Å². The minimum absolute atomic E-state index is 0.267. The Morgan fingerprint density at radius 3 is 2.45 bits per heavy atom. The second-order valence-corrected chi connectivity index (χ2v) is 8.62. The highest BCUT2D eigenvalue weighted by Gasteiger charge is 2.30. The van der Waals surface area contributed by atoms with E-state index in [1.165, 1.54) is 5.56 Å². The summed E-state index contributed by atoms with van der Waals surface area (Å²) in [5, 5.41) is 0.362. The quantitative estimate of drug-likeness (QED) is 0.854. The monoisotopic (exact) mass is 315 g/mol. The van der Waals surface area contributed by atoms with E-state index < -0.39 is 10.0 Å². The van der Waals surface area contributed by atoms with Crippen LogP contribution in [-0.4, -0.2) is 31.1 Å². The molecule has 1 aliphatic rings. The van der Waals surface area contributed by atoms with Crippen LogP contribution in [-0.2, 0) is 10.0 Å². The fraction of sp³-hybridized carbons (Fsp3) is 0.600. The number of rotatable bonds is 3. The summed E-state index contributed by atoms with van der Waals surface area (Å²) in [7, 11) is -3.17. The summed E-state index contributed by atoms with van der Waals surface area (Å²) in [4.78, 5) is 0. The maximum atomic E-state index is 12.4. The van der Waals surface area contributed by atoms with Gasteiger partial charge in [-0.2, -0.15) is 0 Å². The van der Waals surface area contributed by atoms with Gasteiger partial charge in [0.1, 0.15) is 0 Å². The third-order valence-electron chi connectivity index (χ3n) is 3.93. The molecule has 5 heteroatoms. The zero-order valence-corrected chi connectivity index (χ0v) is 13.6. The zero-order chi connectivity index (χ0) is 14.8. The average Bonchev–Trinajstić information content (AvgIpc) is 2.65. The summed E-state index contributed by atoms with van der Waals surface area (Å²) in [5.41, 5.74) is 1.18. The maximum absolute atomic E-state index is 12.4. The Bertz CT molecular complexity index is 539. The Balaban J connectivity index is 2.21. The first-order valence-electron chi connectivity index (χ1n) is 7.15. The molecule has 0 amide bonds. The van der Waals surface area contributed by atoms with Crippen molar-refractivity contribution in [3.63, 3.8) is 0 Å². The molecule has 112 valence electrons. The van der Waals surface area contributed by atoms with Crippen molar-refractivity contribution < 1.29 is 8.42 Å². The van der Waals surface area contributed by atoms with Gasteiger partial charge in [0.25, 0.3) is 0 Å². The van der Waals surface area contributed by atoms with E-state index in [-0.39, 0.29) is 11.2 Å². The maximum Gasteiger partial charge on any atom is 0.216 e. The van der Waals surface area contributed by atoms with Gasteiger partial charge in [0.2, 0.25) is 10.0 Å². The Kier molecular flexibility index (Phi) is 5.10. The largest absolute Gasteiger partial charge is 0.216 e. The van der Waals surface area contributed by atoms with Crippen LogP contribution in [0.2, 0.25) is 5.02 Å². The molecule has 1 unspecified atom stereocenters. The molecular formula is C15H22ClNO2S. The third kappa shape index (κ3) is 3.54. The standard InChI is InChI=1S/C15H22ClNO2S/c1-12(2)20(18,19)17-10-4-3-5-14(11-17)13-6-8-15(16)9-7-13/h6-9,12,14H,3-5,10-11H2,1-2H3. The molecule has 3 nitrogen and oxygen atoms in total. The molecule has 0 saturated carbocycles. The van der Waals surface area contributed by atoms with E-state index in [9.17, 15) is 8.42 Å². The first-order valence-corrected chi connectivity index (χ1v) is 9.04. The average molecular weight is 316 g/mol. The van der Waals surface area contributed by atoms with Gasteiger partial charge in [-0.25, -0.2) is 12.7 Å². The Morgan fingerprint density at radius 2 is 1.85 bits per heavy atom. The molecule has 1 heterocycles. The van der Waals surface area contributed by atoms with E-state index in [0.717, 1.165) is 19.3 Å². The van der Waals surface area contributed by atoms with E-state index in [1.54, 1.807) is 18.2 Å². The third-order valence-corrected chi connectivity index (χ3v) is 6.43. The number of nitrogens with zero attached hydrogens (tertiary/aromatic N) is 1. The van der Waals surface area contributed by atoms with Gasteiger partial charge in [0.15, 0.2) is 0 Å². The lowest BCUT2D eigenvalue weighted by Gasteiger charge is -2.26. The molecule has 0 radical (unpaired) electrons. The van der Waals surface area contributed by atoms with Crippen molar-refractivity contribution in [2.75, 3.05) is 13.1 Å². The molecular weight excluding hydrogens is 294 g/mol. The minimum Gasteiger partial charge on any atom is -0.212 e. The second-order valence-electron chi connectivity index (χ2n) is 5.70. The van der Waals surface area contributed by atoms with Crippen LogP contribution >= 0.6 is 11.6 Å². The summed E-state index contributed by atoms with van der Waals surface area (Å²) in [5.74, 6) is 0.267. The van der Waals surface area contributed by atoms with Crippen LogP contribution in [0.25, 0.3) is 0 Å². The van der Waals surface area contributed by atoms with Crippen molar-refractivity contribution in [1.82, 2.24) is 4.31 Å². The molecule has 20 heavy (non-hydrogen) atoms. The fourth-order valence-corrected chi connectivity index (χ4v) is 4.14. The fourth-order valence-electron chi connectivity index (χ4n) is 2.64. The van der Waals surface area contributed by atoms with Gasteiger partial charge in [0.05, 0.1) is 5.25 Å². The molecule has 1 aliphatic heterocycles. The molecule has 0 aliphatic carbocycles. The van der Waals surface area contributed by atoms with E-state index in [4.69, 9.17) is 11.6 Å². The van der Waals surface area contributed by atoms with Crippen molar-refractivity contribution in [1.29, 1.82) is 0 Å². The molecule has 1 aromatic carbocycles. The number of halogens is 1. The predicted molar refractivity (Wildman–Crippen MR) is 83.7 cm³/mol. The number of hydrogen-bond donors (Lipinski definition) is 0. The Morgan fingerprint density at radius 1 is 1.20 bits per heavy atom. The molecule has 1 atom stereocenters. The van der Waals surface area contributed by atoms with E-state index >= 15 is 0 Å². The molecule has 0 N–H and O–H groups in total. The topological polar surface area (TPSA) is 37.4 Å². The summed E-state index contributed by atoms with van der Waals surface area (Å²) in [6, 6.07) is 7.78. The molecule has 0 bridgehead atoms. The van der Waals surface area contributed by atoms with Gasteiger partial charge >= 0.3 is 0 Å². The van der Waals surface area contributed by atoms with Crippen molar-refractivity contribution in [3.8, 4) is 0 Å². The Hall–Kier alpha value is -0.580. The van der Waals surface area contributed by atoms with Gasteiger partial charge in [-0.3, -0.25) is 0 Å². The summed E-state index contributed by atoms with van der Waals surface area (Å²) < 4.78 is 26.4. The van der Waals surface area contributed by atoms with Crippen LogP contribution in [0.5, 0.6) is 0 Å². The number of sulfonamides is 1. The molecule has 1 saturated heterocycles. The summed E-state index contributed by atoms with van der Waals surface area (Å²) in [6.45, 7) is 4.72. The van der Waals surface area contributed by atoms with Crippen LogP contribution in [0, 0.1) is 0 Å². The number of hydrogen-bond acceptors (Lipinski definition) is 2. The van der Waals surface area contributed by atoms with Crippen molar-refractivity contribution in [2.24, 2.45) is 0 Å². The van der Waals surface area contributed by atoms with Crippen molar-refractivity contribution >= 4 is 21.6 Å². The lowest BCUT2D eigenvalue weighted by Crippen LogP contribution is -2.38. The lowest BCUT2D eigenvalue weighted by molar-refractivity contribution is 0.401. The van der Waals surface area contributed by atoms with Crippen LogP contribution in [0.1, 0.15) is 44.6 Å². The van der Waals surface area contributed by atoms with Gasteiger partial charge in [-0.05, 0) is 50.3 Å². The normalized spacial score (nSPS) is 21.9. The van der Waals surface area contributed by atoms with E-state index in [1.807, 2.05) is 24.3 Å². The van der Waals surface area contributed by atoms with Gasteiger partial charge in [0, 0.05) is 18.1 Å². The SMILES string of the molecule is CC(C)S(=O)(=O)N1CCCCC(c2ccc(Cl)cc2)C1. The predicted octanol–water partition coefficient (Wildman–Crippen LogP) is 3.65. The highest BCUT2D eigenvalue weighted by atomic mass is 35.5. The van der Waals surface area contributed by atoms with Gasteiger partial charge in [-0.1, -0.05) is 30.2 Å². The summed E-state index contributed by atoms with van der Waals surface area (Å²) >= 11 is 5.92. The Labute approximate surface area is 127 Å². The first kappa shape index (κ1) is 15.8.